The molecule has 0 aromatic heterocycles. The summed E-state index contributed by atoms with van der Waals surface area (Å²) in [6.07, 6.45) is 4.66. The van der Waals surface area contributed by atoms with Crippen molar-refractivity contribution in [3.63, 3.8) is 0 Å². The van der Waals surface area contributed by atoms with Crippen LogP contribution in [0.4, 0.5) is 0 Å². The van der Waals surface area contributed by atoms with Crippen LogP contribution < -0.4 is 0 Å². The summed E-state index contributed by atoms with van der Waals surface area (Å²) in [7, 11) is 1.72. The van der Waals surface area contributed by atoms with Crippen LogP contribution >= 0.6 is 0 Å². The molecule has 1 rings (SSSR count). The third-order valence-corrected chi connectivity index (χ3v) is 2.85. The number of hydrogen-bond acceptors (Lipinski definition) is 2. The topological polar surface area (TPSA) is 26.3 Å². The Morgan fingerprint density at radius 2 is 2.08 bits per heavy atom. The summed E-state index contributed by atoms with van der Waals surface area (Å²) in [6.45, 7) is 4.16. The molecule has 1 fully saturated rings. The highest BCUT2D eigenvalue weighted by molar-refractivity contribution is 5.79. The highest BCUT2D eigenvalue weighted by Crippen LogP contribution is 2.38. The van der Waals surface area contributed by atoms with Crippen LogP contribution in [0.3, 0.4) is 0 Å². The van der Waals surface area contributed by atoms with E-state index in [4.69, 9.17) is 4.74 Å². The van der Waals surface area contributed by atoms with Gasteiger partial charge in [0.25, 0.3) is 0 Å². The molecule has 0 heterocycles. The van der Waals surface area contributed by atoms with E-state index in [0.717, 1.165) is 12.8 Å². The minimum Gasteiger partial charge on any atom is -0.378 e. The molecule has 0 aromatic carbocycles. The lowest BCUT2D eigenvalue weighted by Crippen LogP contribution is -2.41. The van der Waals surface area contributed by atoms with Crippen molar-refractivity contribution >= 4 is 5.78 Å². The number of ether oxygens (including phenoxy) is 1. The minimum absolute atomic E-state index is 0.0774. The molecule has 0 aliphatic heterocycles. The zero-order chi connectivity index (χ0) is 9.90. The summed E-state index contributed by atoms with van der Waals surface area (Å²) in [5.41, 5.74) is -0.0774. The molecule has 0 atom stereocenters. The normalized spacial score (nSPS) is 20.0. The molecule has 0 aromatic rings. The number of carbonyl (C=O) groups excluding carboxylic acids is 1. The highest BCUT2D eigenvalue weighted by atomic mass is 16.5. The third-order valence-electron chi connectivity index (χ3n) is 2.85. The first-order valence-electron chi connectivity index (χ1n) is 5.15. The molecular weight excluding hydrogens is 164 g/mol. The lowest BCUT2D eigenvalue weighted by Gasteiger charge is -2.40. The van der Waals surface area contributed by atoms with Crippen LogP contribution in [0.2, 0.25) is 0 Å². The van der Waals surface area contributed by atoms with Crippen LogP contribution in [0.5, 0.6) is 0 Å². The van der Waals surface area contributed by atoms with Crippen molar-refractivity contribution in [1.82, 2.24) is 0 Å². The maximum Gasteiger partial charge on any atom is 0.136 e. The van der Waals surface area contributed by atoms with Crippen molar-refractivity contribution in [1.29, 1.82) is 0 Å². The van der Waals surface area contributed by atoms with Crippen LogP contribution in [-0.4, -0.2) is 18.5 Å². The Hall–Kier alpha value is -0.370. The van der Waals surface area contributed by atoms with Gasteiger partial charge < -0.3 is 4.74 Å². The maximum atomic E-state index is 11.5. The minimum atomic E-state index is -0.0774. The van der Waals surface area contributed by atoms with Gasteiger partial charge in [-0.1, -0.05) is 13.8 Å². The molecule has 0 saturated heterocycles. The Labute approximate surface area is 80.7 Å². The molecule has 2 heteroatoms. The van der Waals surface area contributed by atoms with Crippen molar-refractivity contribution in [3.05, 3.63) is 0 Å². The van der Waals surface area contributed by atoms with Crippen molar-refractivity contribution < 1.29 is 9.53 Å². The van der Waals surface area contributed by atoms with Gasteiger partial charge in [-0.25, -0.2) is 0 Å². The average Bonchev–Trinajstić information content (AvgIpc) is 1.95. The largest absolute Gasteiger partial charge is 0.378 e. The number of carbonyl (C=O) groups is 1. The van der Waals surface area contributed by atoms with E-state index >= 15 is 0 Å². The van der Waals surface area contributed by atoms with Gasteiger partial charge >= 0.3 is 0 Å². The Kier molecular flexibility index (Phi) is 3.48. The zero-order valence-corrected chi connectivity index (χ0v) is 8.93. The molecule has 2 nitrogen and oxygen atoms in total. The molecule has 76 valence electrons. The Morgan fingerprint density at radius 1 is 1.46 bits per heavy atom. The molecule has 13 heavy (non-hydrogen) atoms. The van der Waals surface area contributed by atoms with Gasteiger partial charge in [-0.05, 0) is 25.2 Å². The fraction of sp³-hybridized carbons (Fsp3) is 0.909. The average molecular weight is 184 g/mol. The monoisotopic (exact) mass is 184 g/mol. The standard InChI is InChI=1S/C11H20O2/c1-9(2)7-10(12)8-11(13-3)5-4-6-11/h9H,4-8H2,1-3H3. The van der Waals surface area contributed by atoms with Crippen molar-refractivity contribution in [2.24, 2.45) is 5.92 Å². The zero-order valence-electron chi connectivity index (χ0n) is 8.93. The summed E-state index contributed by atoms with van der Waals surface area (Å²) in [5, 5.41) is 0. The van der Waals surface area contributed by atoms with Gasteiger partial charge in [0.15, 0.2) is 0 Å². The summed E-state index contributed by atoms with van der Waals surface area (Å²) < 4.78 is 5.41. The van der Waals surface area contributed by atoms with Crippen molar-refractivity contribution in [3.8, 4) is 0 Å². The first kappa shape index (κ1) is 10.7. The molecule has 0 spiro atoms. The van der Waals surface area contributed by atoms with Crippen LogP contribution in [0, 0.1) is 5.92 Å². The second-order valence-corrected chi connectivity index (χ2v) is 4.55. The molecular formula is C11H20O2. The number of Topliss-reactive ketones (excluding diaryl/α,β-unsaturated/α-hetero) is 1. The van der Waals surface area contributed by atoms with E-state index in [-0.39, 0.29) is 5.60 Å². The second kappa shape index (κ2) is 4.23. The first-order chi connectivity index (χ1) is 6.08. The fourth-order valence-electron chi connectivity index (χ4n) is 1.91. The highest BCUT2D eigenvalue weighted by Gasteiger charge is 2.38. The molecule has 0 amide bonds. The summed E-state index contributed by atoms with van der Waals surface area (Å²) >= 11 is 0. The van der Waals surface area contributed by atoms with Gasteiger partial charge in [-0.15, -0.1) is 0 Å². The molecule has 0 N–H and O–H groups in total. The van der Waals surface area contributed by atoms with E-state index in [1.54, 1.807) is 7.11 Å². The molecule has 0 radical (unpaired) electrons. The van der Waals surface area contributed by atoms with Gasteiger partial charge in [-0.3, -0.25) is 4.79 Å². The van der Waals surface area contributed by atoms with E-state index in [9.17, 15) is 4.79 Å². The van der Waals surface area contributed by atoms with Crippen LogP contribution in [0.15, 0.2) is 0 Å². The van der Waals surface area contributed by atoms with E-state index in [0.29, 0.717) is 24.5 Å². The van der Waals surface area contributed by atoms with Gasteiger partial charge in [-0.2, -0.15) is 0 Å². The maximum absolute atomic E-state index is 11.5. The van der Waals surface area contributed by atoms with E-state index in [1.807, 2.05) is 0 Å². The Morgan fingerprint density at radius 3 is 2.38 bits per heavy atom. The van der Waals surface area contributed by atoms with Gasteiger partial charge in [0.1, 0.15) is 5.78 Å². The van der Waals surface area contributed by atoms with Crippen LogP contribution in [0.1, 0.15) is 46.0 Å². The fourth-order valence-corrected chi connectivity index (χ4v) is 1.91. The molecule has 0 unspecified atom stereocenters. The second-order valence-electron chi connectivity index (χ2n) is 4.55. The van der Waals surface area contributed by atoms with Gasteiger partial charge in [0.2, 0.25) is 0 Å². The smallest absolute Gasteiger partial charge is 0.136 e. The predicted octanol–water partition coefficient (Wildman–Crippen LogP) is 2.56. The number of methoxy groups -OCH3 is 1. The lowest BCUT2D eigenvalue weighted by molar-refractivity contribution is -0.132. The molecule has 0 bridgehead atoms. The summed E-state index contributed by atoms with van der Waals surface area (Å²) in [4.78, 5) is 11.5. The number of rotatable bonds is 5. The number of hydrogen-bond donors (Lipinski definition) is 0. The van der Waals surface area contributed by atoms with Crippen molar-refractivity contribution in [2.45, 2.75) is 51.6 Å². The molecule has 1 aliphatic carbocycles. The van der Waals surface area contributed by atoms with Gasteiger partial charge in [0, 0.05) is 20.0 Å². The third kappa shape index (κ3) is 2.80. The van der Waals surface area contributed by atoms with E-state index in [1.165, 1.54) is 6.42 Å². The summed E-state index contributed by atoms with van der Waals surface area (Å²) in [5.74, 6) is 0.832. The Balaban J connectivity index is 2.34. The number of ketones is 1. The van der Waals surface area contributed by atoms with Crippen LogP contribution in [-0.2, 0) is 9.53 Å². The first-order valence-corrected chi connectivity index (χ1v) is 5.15. The van der Waals surface area contributed by atoms with Crippen LogP contribution in [0.25, 0.3) is 0 Å². The molecule has 1 aliphatic rings. The lowest BCUT2D eigenvalue weighted by atomic mass is 9.76. The van der Waals surface area contributed by atoms with E-state index in [2.05, 4.69) is 13.8 Å². The van der Waals surface area contributed by atoms with Crippen molar-refractivity contribution in [2.75, 3.05) is 7.11 Å². The SMILES string of the molecule is COC1(CC(=O)CC(C)C)CCC1. The van der Waals surface area contributed by atoms with E-state index < -0.39 is 0 Å². The molecule has 1 saturated carbocycles. The van der Waals surface area contributed by atoms with Gasteiger partial charge in [0.05, 0.1) is 5.60 Å². The predicted molar refractivity (Wildman–Crippen MR) is 52.7 cm³/mol. The summed E-state index contributed by atoms with van der Waals surface area (Å²) in [6, 6.07) is 0. The quantitative estimate of drug-likeness (QED) is 0.656. The Bertz CT molecular complexity index is 175.